The minimum absolute atomic E-state index is 0.284. The molecule has 1 atom stereocenters. The number of benzene rings is 3. The molecule has 0 amide bonds. The number of hydrogen-bond acceptors (Lipinski definition) is 6. The smallest absolute Gasteiger partial charge is 0.165 e. The van der Waals surface area contributed by atoms with Gasteiger partial charge in [0, 0.05) is 6.54 Å². The molecular weight excluding hydrogens is 423 g/mol. The van der Waals surface area contributed by atoms with Gasteiger partial charge in [0.1, 0.15) is 12.4 Å². The van der Waals surface area contributed by atoms with Gasteiger partial charge in [-0.25, -0.2) is 4.39 Å². The average molecular weight is 451 g/mol. The number of aliphatic hydroxyl groups is 1. The van der Waals surface area contributed by atoms with E-state index in [-0.39, 0.29) is 6.54 Å². The zero-order valence-corrected chi connectivity index (χ0v) is 18.2. The number of halogens is 1. The van der Waals surface area contributed by atoms with E-state index in [1.165, 1.54) is 12.1 Å². The van der Waals surface area contributed by atoms with Crippen molar-refractivity contribution in [2.24, 2.45) is 0 Å². The minimum Gasteiger partial charge on any atom is -0.505 e. The highest BCUT2D eigenvalue weighted by Crippen LogP contribution is 2.20. The van der Waals surface area contributed by atoms with Gasteiger partial charge >= 0.3 is 0 Å². The van der Waals surface area contributed by atoms with Crippen LogP contribution in [0.4, 0.5) is 4.39 Å². The van der Waals surface area contributed by atoms with Gasteiger partial charge in [-0.15, -0.1) is 0 Å². The standard InChI is InChI=1S/C26H27FN2O4/c27-24-15-22(6-9-25(24)30)26(31)17-29-11-10-19-4-7-23(8-5-19)33-13-12-32-18-21-3-1-2-20(14-21)16-28/h1-9,14-15,26,29-31H,10-13,17-18H2/t26-/m1/s1. The second-order valence-electron chi connectivity index (χ2n) is 7.54. The molecule has 0 aromatic heterocycles. The van der Waals surface area contributed by atoms with Crippen molar-refractivity contribution < 1.29 is 24.1 Å². The van der Waals surface area contributed by atoms with Gasteiger partial charge in [0.2, 0.25) is 0 Å². The van der Waals surface area contributed by atoms with Crippen molar-refractivity contribution in [3.8, 4) is 17.6 Å². The number of aliphatic hydroxyl groups excluding tert-OH is 1. The van der Waals surface area contributed by atoms with E-state index in [4.69, 9.17) is 14.7 Å². The molecule has 7 heteroatoms. The quantitative estimate of drug-likeness (QED) is 0.363. The summed E-state index contributed by atoms with van der Waals surface area (Å²) in [5, 5.41) is 31.4. The lowest BCUT2D eigenvalue weighted by atomic mass is 10.1. The summed E-state index contributed by atoms with van der Waals surface area (Å²) in [5.41, 5.74) is 3.11. The summed E-state index contributed by atoms with van der Waals surface area (Å²) >= 11 is 0. The SMILES string of the molecule is N#Cc1cccc(COCCOc2ccc(CCNC[C@@H](O)c3ccc(O)c(F)c3)cc2)c1. The first kappa shape index (κ1) is 24.2. The Morgan fingerprint density at radius 1 is 1.00 bits per heavy atom. The van der Waals surface area contributed by atoms with Gasteiger partial charge in [0.15, 0.2) is 11.6 Å². The van der Waals surface area contributed by atoms with Crippen LogP contribution in [0.1, 0.15) is 28.4 Å². The van der Waals surface area contributed by atoms with E-state index in [1.807, 2.05) is 42.5 Å². The lowest BCUT2D eigenvalue weighted by Crippen LogP contribution is -2.23. The lowest BCUT2D eigenvalue weighted by Gasteiger charge is -2.13. The molecule has 3 aromatic carbocycles. The second kappa shape index (κ2) is 12.6. The van der Waals surface area contributed by atoms with Gasteiger partial charge in [-0.2, -0.15) is 5.26 Å². The Morgan fingerprint density at radius 2 is 1.82 bits per heavy atom. The van der Waals surface area contributed by atoms with Crippen LogP contribution in [0.3, 0.4) is 0 Å². The molecule has 0 aliphatic rings. The molecule has 0 saturated carbocycles. The van der Waals surface area contributed by atoms with Crippen molar-refractivity contribution >= 4 is 0 Å². The topological polar surface area (TPSA) is 94.7 Å². The highest BCUT2D eigenvalue weighted by Gasteiger charge is 2.10. The summed E-state index contributed by atoms with van der Waals surface area (Å²) in [5.74, 6) is -0.418. The van der Waals surface area contributed by atoms with E-state index < -0.39 is 17.7 Å². The summed E-state index contributed by atoms with van der Waals surface area (Å²) in [7, 11) is 0. The van der Waals surface area contributed by atoms with Crippen LogP contribution in [0.15, 0.2) is 66.7 Å². The zero-order chi connectivity index (χ0) is 23.5. The molecule has 3 N–H and O–H groups in total. The van der Waals surface area contributed by atoms with Crippen molar-refractivity contribution in [2.45, 2.75) is 19.1 Å². The molecule has 172 valence electrons. The second-order valence-corrected chi connectivity index (χ2v) is 7.54. The van der Waals surface area contributed by atoms with Crippen LogP contribution >= 0.6 is 0 Å². The van der Waals surface area contributed by atoms with Crippen molar-refractivity contribution in [3.05, 3.63) is 94.8 Å². The maximum Gasteiger partial charge on any atom is 0.165 e. The third-order valence-electron chi connectivity index (χ3n) is 5.03. The van der Waals surface area contributed by atoms with Crippen LogP contribution in [0, 0.1) is 17.1 Å². The molecule has 6 nitrogen and oxygen atoms in total. The fraction of sp³-hybridized carbons (Fsp3) is 0.269. The zero-order valence-electron chi connectivity index (χ0n) is 18.2. The summed E-state index contributed by atoms with van der Waals surface area (Å²) in [6.07, 6.45) is -0.0877. The minimum atomic E-state index is -0.853. The predicted octanol–water partition coefficient (Wildman–Crippen LogP) is 3.86. The summed E-state index contributed by atoms with van der Waals surface area (Å²) in [4.78, 5) is 0. The van der Waals surface area contributed by atoms with E-state index in [9.17, 15) is 14.6 Å². The van der Waals surface area contributed by atoms with E-state index in [0.29, 0.717) is 37.5 Å². The molecule has 0 aliphatic carbocycles. The Morgan fingerprint density at radius 3 is 2.58 bits per heavy atom. The first-order chi connectivity index (χ1) is 16.0. The first-order valence-electron chi connectivity index (χ1n) is 10.7. The van der Waals surface area contributed by atoms with E-state index in [1.54, 1.807) is 6.07 Å². The third-order valence-corrected chi connectivity index (χ3v) is 5.03. The number of nitriles is 1. The van der Waals surface area contributed by atoms with Gasteiger partial charge in [-0.1, -0.05) is 30.3 Å². The molecule has 3 aromatic rings. The largest absolute Gasteiger partial charge is 0.505 e. The van der Waals surface area contributed by atoms with Crippen molar-refractivity contribution in [3.63, 3.8) is 0 Å². The maximum absolute atomic E-state index is 13.4. The van der Waals surface area contributed by atoms with Crippen molar-refractivity contribution in [2.75, 3.05) is 26.3 Å². The van der Waals surface area contributed by atoms with Crippen LogP contribution in [-0.4, -0.2) is 36.5 Å². The first-order valence-corrected chi connectivity index (χ1v) is 10.7. The molecule has 3 rings (SSSR count). The normalized spacial score (nSPS) is 11.7. The molecule has 0 fully saturated rings. The van der Waals surface area contributed by atoms with Crippen LogP contribution in [0.2, 0.25) is 0 Å². The molecule has 0 aliphatic heterocycles. The van der Waals surface area contributed by atoms with Crippen molar-refractivity contribution in [1.29, 1.82) is 5.26 Å². The molecule has 0 radical (unpaired) electrons. The summed E-state index contributed by atoms with van der Waals surface area (Å²) in [6.45, 7) is 2.23. The fourth-order valence-corrected chi connectivity index (χ4v) is 3.21. The highest BCUT2D eigenvalue weighted by molar-refractivity contribution is 5.32. The highest BCUT2D eigenvalue weighted by atomic mass is 19.1. The average Bonchev–Trinajstić information content (AvgIpc) is 2.84. The van der Waals surface area contributed by atoms with Gasteiger partial charge in [-0.05, 0) is 66.1 Å². The van der Waals surface area contributed by atoms with Gasteiger partial charge in [0.25, 0.3) is 0 Å². The lowest BCUT2D eigenvalue weighted by molar-refractivity contribution is 0.0889. The van der Waals surface area contributed by atoms with Crippen LogP contribution in [0.5, 0.6) is 11.5 Å². The van der Waals surface area contributed by atoms with Crippen LogP contribution < -0.4 is 10.1 Å². The number of rotatable bonds is 12. The van der Waals surface area contributed by atoms with E-state index in [2.05, 4.69) is 11.4 Å². The Labute approximate surface area is 192 Å². The summed E-state index contributed by atoms with van der Waals surface area (Å²) in [6, 6.07) is 21.1. The van der Waals surface area contributed by atoms with Gasteiger partial charge in [-0.3, -0.25) is 0 Å². The Kier molecular flexibility index (Phi) is 9.21. The molecule has 0 unspecified atom stereocenters. The molecular formula is C26H27FN2O4. The number of ether oxygens (including phenoxy) is 2. The predicted molar refractivity (Wildman–Crippen MR) is 122 cm³/mol. The van der Waals surface area contributed by atoms with Crippen LogP contribution in [-0.2, 0) is 17.8 Å². The number of nitrogens with zero attached hydrogens (tertiary/aromatic N) is 1. The fourth-order valence-electron chi connectivity index (χ4n) is 3.21. The summed E-state index contributed by atoms with van der Waals surface area (Å²) < 4.78 is 24.7. The molecule has 0 bridgehead atoms. The number of nitrogens with one attached hydrogen (secondary N) is 1. The van der Waals surface area contributed by atoms with Crippen molar-refractivity contribution in [1.82, 2.24) is 5.32 Å². The number of aromatic hydroxyl groups is 1. The molecule has 0 spiro atoms. The molecule has 0 heterocycles. The Bertz CT molecular complexity index is 1070. The van der Waals surface area contributed by atoms with E-state index in [0.717, 1.165) is 29.4 Å². The van der Waals surface area contributed by atoms with Gasteiger partial charge in [0.05, 0.1) is 31.0 Å². The maximum atomic E-state index is 13.4. The monoisotopic (exact) mass is 450 g/mol. The Balaban J connectivity index is 1.30. The number of hydrogen-bond donors (Lipinski definition) is 3. The van der Waals surface area contributed by atoms with E-state index >= 15 is 0 Å². The molecule has 33 heavy (non-hydrogen) atoms. The molecule has 0 saturated heterocycles. The number of phenolic OH excluding ortho intramolecular Hbond substituents is 1. The third kappa shape index (κ3) is 7.88. The van der Waals surface area contributed by atoms with Crippen LogP contribution in [0.25, 0.3) is 0 Å². The Hall–Kier alpha value is -3.44. The number of phenols is 1. The van der Waals surface area contributed by atoms with Gasteiger partial charge < -0.3 is 25.0 Å².